The van der Waals surface area contributed by atoms with Crippen LogP contribution in [0.25, 0.3) is 0 Å². The van der Waals surface area contributed by atoms with Crippen molar-refractivity contribution in [2.24, 2.45) is 0 Å². The number of aliphatic carboxylic acids is 1. The minimum absolute atomic E-state index is 0.00461. The number of hydrogen-bond acceptors (Lipinski definition) is 3. The Morgan fingerprint density at radius 2 is 2.16 bits per heavy atom. The first-order valence-corrected chi connectivity index (χ1v) is 6.82. The summed E-state index contributed by atoms with van der Waals surface area (Å²) in [5.41, 5.74) is 0.957. The fourth-order valence-corrected chi connectivity index (χ4v) is 2.51. The Bertz CT molecular complexity index is 355. The Morgan fingerprint density at radius 1 is 1.47 bits per heavy atom. The summed E-state index contributed by atoms with van der Waals surface area (Å²) in [6, 6.07) is 0.00461. The molecule has 0 radical (unpaired) electrons. The summed E-state index contributed by atoms with van der Waals surface area (Å²) >= 11 is 0. The predicted molar refractivity (Wildman–Crippen MR) is 73.9 cm³/mol. The third-order valence-electron chi connectivity index (χ3n) is 3.44. The maximum Gasteiger partial charge on any atom is 0.304 e. The lowest BCUT2D eigenvalue weighted by molar-refractivity contribution is -0.139. The van der Waals surface area contributed by atoms with Gasteiger partial charge in [-0.25, -0.2) is 0 Å². The molecule has 1 rings (SSSR count). The van der Waals surface area contributed by atoms with E-state index in [1.165, 1.54) is 0 Å². The third-order valence-corrected chi connectivity index (χ3v) is 3.44. The average Bonchev–Trinajstić information content (AvgIpc) is 2.72. The van der Waals surface area contributed by atoms with Gasteiger partial charge in [0.2, 0.25) is 5.91 Å². The number of likely N-dealkylation sites (tertiary alicyclic amines) is 1. The molecule has 1 aliphatic rings. The van der Waals surface area contributed by atoms with E-state index in [0.717, 1.165) is 25.0 Å². The monoisotopic (exact) mass is 268 g/mol. The second kappa shape index (κ2) is 7.28. The van der Waals surface area contributed by atoms with Gasteiger partial charge in [-0.15, -0.1) is 0 Å². The zero-order valence-electron chi connectivity index (χ0n) is 11.9. The number of nitrogens with zero attached hydrogens (tertiary/aromatic N) is 2. The van der Waals surface area contributed by atoms with Gasteiger partial charge in [0, 0.05) is 19.1 Å². The van der Waals surface area contributed by atoms with Gasteiger partial charge < -0.3 is 10.0 Å². The highest BCUT2D eigenvalue weighted by Gasteiger charge is 2.29. The normalized spacial score (nSPS) is 19.4. The Balaban J connectivity index is 2.54. The van der Waals surface area contributed by atoms with E-state index in [1.54, 1.807) is 4.90 Å². The summed E-state index contributed by atoms with van der Waals surface area (Å²) in [4.78, 5) is 26.7. The van der Waals surface area contributed by atoms with Crippen LogP contribution in [0, 0.1) is 0 Å². The van der Waals surface area contributed by atoms with Crippen molar-refractivity contribution >= 4 is 11.9 Å². The van der Waals surface area contributed by atoms with Crippen molar-refractivity contribution in [3.8, 4) is 0 Å². The van der Waals surface area contributed by atoms with Crippen molar-refractivity contribution in [3.63, 3.8) is 0 Å². The Morgan fingerprint density at radius 3 is 2.68 bits per heavy atom. The van der Waals surface area contributed by atoms with E-state index in [0.29, 0.717) is 19.6 Å². The first kappa shape index (κ1) is 15.7. The molecule has 0 aliphatic carbocycles. The first-order chi connectivity index (χ1) is 8.93. The molecule has 1 saturated heterocycles. The first-order valence-electron chi connectivity index (χ1n) is 6.82. The molecule has 0 bridgehead atoms. The molecule has 1 heterocycles. The number of likely N-dealkylation sites (N-methyl/N-ethyl adjacent to an activating group) is 1. The molecule has 1 atom stereocenters. The minimum atomic E-state index is -0.793. The molecule has 1 N–H and O–H groups in total. The second-order valence-electron chi connectivity index (χ2n) is 5.23. The van der Waals surface area contributed by atoms with Gasteiger partial charge in [-0.05, 0) is 33.2 Å². The topological polar surface area (TPSA) is 60.9 Å². The highest BCUT2D eigenvalue weighted by atomic mass is 16.4. The van der Waals surface area contributed by atoms with Crippen molar-refractivity contribution in [1.29, 1.82) is 0 Å². The van der Waals surface area contributed by atoms with Crippen molar-refractivity contribution in [2.45, 2.75) is 39.2 Å². The quantitative estimate of drug-likeness (QED) is 0.708. The Labute approximate surface area is 114 Å². The van der Waals surface area contributed by atoms with Crippen molar-refractivity contribution in [3.05, 3.63) is 12.2 Å². The molecule has 1 fully saturated rings. The molecule has 1 amide bonds. The molecule has 0 saturated carbocycles. The van der Waals surface area contributed by atoms with Gasteiger partial charge in [-0.1, -0.05) is 12.2 Å². The maximum absolute atomic E-state index is 12.2. The third kappa shape index (κ3) is 5.03. The lowest BCUT2D eigenvalue weighted by atomic mass is 10.1. The maximum atomic E-state index is 12.2. The Hall–Kier alpha value is -1.36. The summed E-state index contributed by atoms with van der Waals surface area (Å²) < 4.78 is 0. The van der Waals surface area contributed by atoms with E-state index >= 15 is 0 Å². The number of carbonyl (C=O) groups is 2. The van der Waals surface area contributed by atoms with Crippen molar-refractivity contribution < 1.29 is 14.7 Å². The van der Waals surface area contributed by atoms with Gasteiger partial charge in [0.25, 0.3) is 0 Å². The number of carboxylic acids is 1. The molecule has 0 spiro atoms. The van der Waals surface area contributed by atoms with E-state index in [4.69, 9.17) is 5.11 Å². The Kier molecular flexibility index (Phi) is 6.02. The smallest absolute Gasteiger partial charge is 0.304 e. The standard InChI is InChI=1S/C14H24N2O3/c1-4-15(9-11(2)3)13(17)10-16-7-5-6-12(16)8-14(18)19/h12H,2,4-10H2,1,3H3,(H,18,19). The van der Waals surface area contributed by atoms with E-state index in [2.05, 4.69) is 6.58 Å². The molecule has 5 nitrogen and oxygen atoms in total. The summed E-state index contributed by atoms with van der Waals surface area (Å²) in [5.74, 6) is -0.735. The van der Waals surface area contributed by atoms with Crippen molar-refractivity contribution in [2.75, 3.05) is 26.2 Å². The summed E-state index contributed by atoms with van der Waals surface area (Å²) in [6.45, 7) is 10.0. The zero-order chi connectivity index (χ0) is 14.4. The molecule has 5 heteroatoms. The van der Waals surface area contributed by atoms with Crippen molar-refractivity contribution in [1.82, 2.24) is 9.80 Å². The molecule has 1 unspecified atom stereocenters. The fourth-order valence-electron chi connectivity index (χ4n) is 2.51. The van der Waals surface area contributed by atoms with E-state index in [1.807, 2.05) is 18.7 Å². The SMILES string of the molecule is C=C(C)CN(CC)C(=O)CN1CCCC1CC(=O)O. The molecular formula is C14H24N2O3. The number of carbonyl (C=O) groups excluding carboxylic acids is 1. The van der Waals surface area contributed by atoms with Gasteiger partial charge in [-0.3, -0.25) is 14.5 Å². The van der Waals surface area contributed by atoms with Gasteiger partial charge in [-0.2, -0.15) is 0 Å². The highest BCUT2D eigenvalue weighted by molar-refractivity contribution is 5.78. The number of hydrogen-bond donors (Lipinski definition) is 1. The second-order valence-corrected chi connectivity index (χ2v) is 5.23. The van der Waals surface area contributed by atoms with Crippen LogP contribution in [0.4, 0.5) is 0 Å². The molecule has 0 aromatic heterocycles. The zero-order valence-corrected chi connectivity index (χ0v) is 11.9. The van der Waals surface area contributed by atoms with Gasteiger partial charge in [0.15, 0.2) is 0 Å². The van der Waals surface area contributed by atoms with Gasteiger partial charge in [0.1, 0.15) is 0 Å². The molecule has 1 aliphatic heterocycles. The lowest BCUT2D eigenvalue weighted by Crippen LogP contribution is -2.43. The molecule has 108 valence electrons. The van der Waals surface area contributed by atoms with E-state index in [9.17, 15) is 9.59 Å². The van der Waals surface area contributed by atoms with Crippen LogP contribution in [0.3, 0.4) is 0 Å². The van der Waals surface area contributed by atoms with E-state index < -0.39 is 5.97 Å². The van der Waals surface area contributed by atoms with Crippen LogP contribution >= 0.6 is 0 Å². The van der Waals surface area contributed by atoms with Crippen LogP contribution < -0.4 is 0 Å². The molecule has 19 heavy (non-hydrogen) atoms. The van der Waals surface area contributed by atoms with Crippen LogP contribution in [0.15, 0.2) is 12.2 Å². The predicted octanol–water partition coefficient (Wildman–Crippen LogP) is 1.35. The fraction of sp³-hybridized carbons (Fsp3) is 0.714. The van der Waals surface area contributed by atoms with Crippen LogP contribution in [0.2, 0.25) is 0 Å². The van der Waals surface area contributed by atoms with E-state index in [-0.39, 0.29) is 18.4 Å². The number of carboxylic acid groups (broad SMARTS) is 1. The summed E-state index contributed by atoms with van der Waals surface area (Å²) in [7, 11) is 0. The number of amides is 1. The van der Waals surface area contributed by atoms with Crippen LogP contribution in [0.5, 0.6) is 0 Å². The van der Waals surface area contributed by atoms with Gasteiger partial charge >= 0.3 is 5.97 Å². The van der Waals surface area contributed by atoms with Crippen LogP contribution in [-0.2, 0) is 9.59 Å². The van der Waals surface area contributed by atoms with Crippen LogP contribution in [-0.4, -0.2) is 59.0 Å². The summed E-state index contributed by atoms with van der Waals surface area (Å²) in [5, 5.41) is 8.87. The molecule has 0 aromatic rings. The minimum Gasteiger partial charge on any atom is -0.481 e. The van der Waals surface area contributed by atoms with Gasteiger partial charge in [0.05, 0.1) is 13.0 Å². The average molecular weight is 268 g/mol. The highest BCUT2D eigenvalue weighted by Crippen LogP contribution is 2.20. The number of rotatable bonds is 7. The lowest BCUT2D eigenvalue weighted by Gasteiger charge is -2.27. The summed E-state index contributed by atoms with van der Waals surface area (Å²) in [6.07, 6.45) is 1.96. The molecular weight excluding hydrogens is 244 g/mol. The largest absolute Gasteiger partial charge is 0.481 e. The molecule has 0 aromatic carbocycles. The van der Waals surface area contributed by atoms with Crippen LogP contribution in [0.1, 0.15) is 33.1 Å².